The molecular weight excluding hydrogens is 394 g/mol. The molecule has 0 aliphatic carbocycles. The molecule has 150 valence electrons. The topological polar surface area (TPSA) is 59.2 Å². The number of likely N-dealkylation sites (tertiary alicyclic amines) is 1. The lowest BCUT2D eigenvalue weighted by Gasteiger charge is -2.32. The highest BCUT2D eigenvalue weighted by Gasteiger charge is 2.28. The van der Waals surface area contributed by atoms with E-state index in [2.05, 4.69) is 9.97 Å². The highest BCUT2D eigenvalue weighted by molar-refractivity contribution is 7.09. The van der Waals surface area contributed by atoms with Crippen molar-refractivity contribution in [2.24, 2.45) is 0 Å². The van der Waals surface area contributed by atoms with Crippen LogP contribution in [0.3, 0.4) is 0 Å². The van der Waals surface area contributed by atoms with Gasteiger partial charge in [-0.3, -0.25) is 4.79 Å². The highest BCUT2D eigenvalue weighted by Crippen LogP contribution is 2.32. The SMILES string of the molecule is O=C(c1ccccc1-c1ncc(-c2ccccc2)o1)N1CCCC(c2nccs2)C1. The molecule has 0 N–H and O–H groups in total. The summed E-state index contributed by atoms with van der Waals surface area (Å²) >= 11 is 1.67. The van der Waals surface area contributed by atoms with Gasteiger partial charge in [-0.15, -0.1) is 11.3 Å². The van der Waals surface area contributed by atoms with E-state index in [-0.39, 0.29) is 5.91 Å². The predicted molar refractivity (Wildman–Crippen MR) is 117 cm³/mol. The zero-order chi connectivity index (χ0) is 20.3. The largest absolute Gasteiger partial charge is 0.436 e. The fourth-order valence-electron chi connectivity index (χ4n) is 3.96. The third kappa shape index (κ3) is 3.66. The van der Waals surface area contributed by atoms with Gasteiger partial charge in [0.1, 0.15) is 0 Å². The van der Waals surface area contributed by atoms with Gasteiger partial charge in [-0.25, -0.2) is 9.97 Å². The maximum Gasteiger partial charge on any atom is 0.254 e. The monoisotopic (exact) mass is 415 g/mol. The van der Waals surface area contributed by atoms with Gasteiger partial charge in [0.25, 0.3) is 5.91 Å². The van der Waals surface area contributed by atoms with Crippen molar-refractivity contribution in [3.8, 4) is 22.8 Å². The smallest absolute Gasteiger partial charge is 0.254 e. The lowest BCUT2D eigenvalue weighted by molar-refractivity contribution is 0.0707. The summed E-state index contributed by atoms with van der Waals surface area (Å²) < 4.78 is 6.02. The van der Waals surface area contributed by atoms with E-state index >= 15 is 0 Å². The number of rotatable bonds is 4. The zero-order valence-electron chi connectivity index (χ0n) is 16.4. The Kier molecular flexibility index (Phi) is 5.15. The molecule has 0 saturated carbocycles. The van der Waals surface area contributed by atoms with Gasteiger partial charge < -0.3 is 9.32 Å². The summed E-state index contributed by atoms with van der Waals surface area (Å²) in [6, 6.07) is 17.4. The van der Waals surface area contributed by atoms with Crippen LogP contribution in [0.15, 0.2) is 76.8 Å². The number of benzene rings is 2. The second-order valence-corrected chi connectivity index (χ2v) is 8.33. The van der Waals surface area contributed by atoms with Crippen LogP contribution in [0.25, 0.3) is 22.8 Å². The molecule has 0 radical (unpaired) electrons. The van der Waals surface area contributed by atoms with E-state index in [1.54, 1.807) is 17.5 Å². The van der Waals surface area contributed by atoms with Crippen LogP contribution >= 0.6 is 11.3 Å². The van der Waals surface area contributed by atoms with Crippen LogP contribution in [-0.2, 0) is 0 Å². The molecule has 5 rings (SSSR count). The molecule has 0 bridgehead atoms. The number of nitrogens with zero attached hydrogens (tertiary/aromatic N) is 3. The Hall–Kier alpha value is -3.25. The molecule has 1 aliphatic rings. The highest BCUT2D eigenvalue weighted by atomic mass is 32.1. The Morgan fingerprint density at radius 2 is 1.90 bits per heavy atom. The van der Waals surface area contributed by atoms with Crippen molar-refractivity contribution >= 4 is 17.2 Å². The van der Waals surface area contributed by atoms with E-state index in [1.807, 2.05) is 71.1 Å². The van der Waals surface area contributed by atoms with Gasteiger partial charge in [0.05, 0.1) is 16.8 Å². The number of hydrogen-bond acceptors (Lipinski definition) is 5. The van der Waals surface area contributed by atoms with Gasteiger partial charge in [-0.1, -0.05) is 42.5 Å². The molecule has 1 atom stereocenters. The number of piperidine rings is 1. The van der Waals surface area contributed by atoms with Crippen LogP contribution < -0.4 is 0 Å². The molecule has 2 aromatic carbocycles. The van der Waals surface area contributed by atoms with Crippen molar-refractivity contribution in [1.82, 2.24) is 14.9 Å². The van der Waals surface area contributed by atoms with E-state index in [0.29, 0.717) is 29.7 Å². The van der Waals surface area contributed by atoms with E-state index in [4.69, 9.17) is 4.42 Å². The number of aromatic nitrogens is 2. The molecule has 1 amide bonds. The van der Waals surface area contributed by atoms with Crippen molar-refractivity contribution in [2.75, 3.05) is 13.1 Å². The summed E-state index contributed by atoms with van der Waals surface area (Å²) in [5, 5.41) is 3.11. The molecule has 1 aliphatic heterocycles. The fraction of sp³-hybridized carbons (Fsp3) is 0.208. The Labute approximate surface area is 179 Å². The first-order valence-corrected chi connectivity index (χ1v) is 11.0. The molecule has 5 nitrogen and oxygen atoms in total. The van der Waals surface area contributed by atoms with Gasteiger partial charge in [0.2, 0.25) is 5.89 Å². The van der Waals surface area contributed by atoms with Crippen LogP contribution in [0.2, 0.25) is 0 Å². The number of thiazole rings is 1. The molecule has 30 heavy (non-hydrogen) atoms. The minimum atomic E-state index is 0.0197. The Morgan fingerprint density at radius 1 is 1.07 bits per heavy atom. The van der Waals surface area contributed by atoms with Gasteiger partial charge in [-0.2, -0.15) is 0 Å². The number of hydrogen-bond donors (Lipinski definition) is 0. The van der Waals surface area contributed by atoms with Gasteiger partial charge >= 0.3 is 0 Å². The molecule has 6 heteroatoms. The molecule has 2 aromatic heterocycles. The van der Waals surface area contributed by atoms with Crippen LogP contribution in [-0.4, -0.2) is 33.9 Å². The number of oxazole rings is 1. The number of carbonyl (C=O) groups excluding carboxylic acids is 1. The lowest BCUT2D eigenvalue weighted by atomic mass is 9.97. The second-order valence-electron chi connectivity index (χ2n) is 7.40. The fourth-order valence-corrected chi connectivity index (χ4v) is 4.73. The first-order valence-electron chi connectivity index (χ1n) is 10.1. The average molecular weight is 416 g/mol. The van der Waals surface area contributed by atoms with E-state index < -0.39 is 0 Å². The maximum absolute atomic E-state index is 13.4. The van der Waals surface area contributed by atoms with Crippen LogP contribution in [0.5, 0.6) is 0 Å². The quantitative estimate of drug-likeness (QED) is 0.442. The minimum absolute atomic E-state index is 0.0197. The molecule has 1 saturated heterocycles. The lowest BCUT2D eigenvalue weighted by Crippen LogP contribution is -2.39. The van der Waals surface area contributed by atoms with Gasteiger partial charge in [-0.05, 0) is 25.0 Å². The maximum atomic E-state index is 13.4. The standard InChI is InChI=1S/C24H21N3O2S/c28-24(27-13-6-9-18(16-27)23-25-12-14-30-23)20-11-5-4-10-19(20)22-26-15-21(29-22)17-7-2-1-3-8-17/h1-5,7-8,10-12,14-15,18H,6,9,13,16H2. The predicted octanol–water partition coefficient (Wildman–Crippen LogP) is 5.48. The molecule has 3 heterocycles. The van der Waals surface area contributed by atoms with Crippen LogP contribution in [0.1, 0.15) is 34.1 Å². The Balaban J connectivity index is 1.42. The minimum Gasteiger partial charge on any atom is -0.436 e. The first-order chi connectivity index (χ1) is 14.8. The van der Waals surface area contributed by atoms with E-state index in [9.17, 15) is 4.79 Å². The summed E-state index contributed by atoms with van der Waals surface area (Å²) in [5.74, 6) is 1.48. The van der Waals surface area contributed by atoms with Crippen LogP contribution in [0.4, 0.5) is 0 Å². The first kappa shape index (κ1) is 18.8. The molecule has 1 unspecified atom stereocenters. The number of amides is 1. The Bertz CT molecular complexity index is 1140. The second kappa shape index (κ2) is 8.24. The van der Waals surface area contributed by atoms with Crippen molar-refractivity contribution in [2.45, 2.75) is 18.8 Å². The van der Waals surface area contributed by atoms with E-state index in [1.165, 1.54) is 0 Å². The summed E-state index contributed by atoms with van der Waals surface area (Å²) in [7, 11) is 0. The molecule has 0 spiro atoms. The third-order valence-electron chi connectivity index (χ3n) is 5.46. The molecule has 4 aromatic rings. The van der Waals surface area contributed by atoms with Crippen molar-refractivity contribution < 1.29 is 9.21 Å². The van der Waals surface area contributed by atoms with Crippen LogP contribution in [0, 0.1) is 0 Å². The summed E-state index contributed by atoms with van der Waals surface area (Å²) in [6.07, 6.45) is 5.60. The van der Waals surface area contributed by atoms with Crippen molar-refractivity contribution in [3.63, 3.8) is 0 Å². The van der Waals surface area contributed by atoms with Gasteiger partial charge in [0.15, 0.2) is 5.76 Å². The molecular formula is C24H21N3O2S. The molecule has 1 fully saturated rings. The number of carbonyl (C=O) groups is 1. The summed E-state index contributed by atoms with van der Waals surface area (Å²) in [6.45, 7) is 1.46. The van der Waals surface area contributed by atoms with Crippen molar-refractivity contribution in [1.29, 1.82) is 0 Å². The summed E-state index contributed by atoms with van der Waals surface area (Å²) in [5.41, 5.74) is 2.31. The average Bonchev–Trinajstić information content (AvgIpc) is 3.52. The van der Waals surface area contributed by atoms with Crippen molar-refractivity contribution in [3.05, 3.63) is 82.9 Å². The third-order valence-corrected chi connectivity index (χ3v) is 6.40. The summed E-state index contributed by atoms with van der Waals surface area (Å²) in [4.78, 5) is 24.3. The normalized spacial score (nSPS) is 16.5. The van der Waals surface area contributed by atoms with E-state index in [0.717, 1.165) is 35.5 Å². The zero-order valence-corrected chi connectivity index (χ0v) is 17.2. The Morgan fingerprint density at radius 3 is 2.73 bits per heavy atom. The van der Waals surface area contributed by atoms with Gasteiger partial charge in [0, 0.05) is 41.7 Å².